The second kappa shape index (κ2) is 6.40. The first-order valence-corrected chi connectivity index (χ1v) is 5.97. The third kappa shape index (κ3) is 3.59. The van der Waals surface area contributed by atoms with Gasteiger partial charge in [-0.15, -0.1) is 0 Å². The first kappa shape index (κ1) is 15.3. The zero-order valence-corrected chi connectivity index (χ0v) is 11.4. The molecule has 1 atom stereocenters. The maximum absolute atomic E-state index is 11.9. The molecule has 0 heterocycles. The molecule has 0 saturated heterocycles. The number of hydrogen-bond donors (Lipinski definition) is 3. The molecule has 4 N–H and O–H groups in total. The number of aromatic hydroxyl groups is 1. The maximum atomic E-state index is 11.9. The highest BCUT2D eigenvalue weighted by Crippen LogP contribution is 2.28. The number of carbonyl (C=O) groups is 1. The molecule has 0 radical (unpaired) electrons. The van der Waals surface area contributed by atoms with Crippen LogP contribution < -0.4 is 16.0 Å². The molecule has 0 spiro atoms. The lowest BCUT2D eigenvalue weighted by Gasteiger charge is -2.26. The molecule has 0 saturated carbocycles. The van der Waals surface area contributed by atoms with Crippen LogP contribution in [0.15, 0.2) is 18.2 Å². The summed E-state index contributed by atoms with van der Waals surface area (Å²) in [6.45, 7) is 3.68. The molecular formula is C13H20N2O4. The smallest absolute Gasteiger partial charge is 0.327 e. The summed E-state index contributed by atoms with van der Waals surface area (Å²) in [6.07, 6.45) is 0.318. The molecule has 0 aliphatic rings. The van der Waals surface area contributed by atoms with Gasteiger partial charge in [0.2, 0.25) is 0 Å². The third-order valence-corrected chi connectivity index (χ3v) is 2.85. The lowest BCUT2D eigenvalue weighted by Crippen LogP contribution is -2.55. The van der Waals surface area contributed by atoms with Gasteiger partial charge < -0.3 is 14.6 Å². The van der Waals surface area contributed by atoms with E-state index in [9.17, 15) is 9.90 Å². The number of benzene rings is 1. The van der Waals surface area contributed by atoms with Gasteiger partial charge in [0, 0.05) is 6.42 Å². The number of hydrazine groups is 1. The van der Waals surface area contributed by atoms with Gasteiger partial charge in [0.25, 0.3) is 0 Å². The number of methoxy groups -OCH3 is 1. The molecule has 106 valence electrons. The van der Waals surface area contributed by atoms with E-state index in [0.717, 1.165) is 5.56 Å². The first-order valence-electron chi connectivity index (χ1n) is 5.97. The van der Waals surface area contributed by atoms with Crippen molar-refractivity contribution in [2.45, 2.75) is 25.8 Å². The summed E-state index contributed by atoms with van der Waals surface area (Å²) in [6, 6.07) is 4.87. The summed E-state index contributed by atoms with van der Waals surface area (Å²) in [7, 11) is 1.46. The topological polar surface area (TPSA) is 93.8 Å². The fraction of sp³-hybridized carbons (Fsp3) is 0.462. The predicted molar refractivity (Wildman–Crippen MR) is 70.7 cm³/mol. The Hall–Kier alpha value is -1.79. The number of hydrogen-bond acceptors (Lipinski definition) is 6. The van der Waals surface area contributed by atoms with Gasteiger partial charge in [-0.1, -0.05) is 6.07 Å². The highest BCUT2D eigenvalue weighted by atomic mass is 16.5. The van der Waals surface area contributed by atoms with Gasteiger partial charge in [-0.3, -0.25) is 5.84 Å². The minimum absolute atomic E-state index is 0.0461. The fourth-order valence-corrected chi connectivity index (χ4v) is 1.71. The third-order valence-electron chi connectivity index (χ3n) is 2.85. The van der Waals surface area contributed by atoms with E-state index in [1.54, 1.807) is 26.0 Å². The number of phenolic OH excluding ortho intramolecular Hbond substituents is 1. The molecule has 1 aromatic carbocycles. The molecule has 0 amide bonds. The number of nitrogens with one attached hydrogen (secondary N) is 1. The molecule has 19 heavy (non-hydrogen) atoms. The highest BCUT2D eigenvalue weighted by Gasteiger charge is 2.34. The van der Waals surface area contributed by atoms with Crippen LogP contribution in [0.4, 0.5) is 0 Å². The second-order valence-corrected chi connectivity index (χ2v) is 4.38. The Balaban J connectivity index is 2.95. The number of carbonyl (C=O) groups excluding carboxylic acids is 1. The molecule has 0 bridgehead atoms. The van der Waals surface area contributed by atoms with Gasteiger partial charge in [-0.25, -0.2) is 10.2 Å². The molecule has 0 fully saturated rings. The number of rotatable bonds is 6. The van der Waals surface area contributed by atoms with Crippen molar-refractivity contribution in [2.75, 3.05) is 13.7 Å². The lowest BCUT2D eigenvalue weighted by atomic mass is 9.93. The van der Waals surface area contributed by atoms with Crippen molar-refractivity contribution >= 4 is 5.97 Å². The van der Waals surface area contributed by atoms with Crippen molar-refractivity contribution in [2.24, 2.45) is 5.84 Å². The summed E-state index contributed by atoms with van der Waals surface area (Å²) < 4.78 is 10.0. The average molecular weight is 268 g/mol. The van der Waals surface area contributed by atoms with E-state index in [2.05, 4.69) is 5.43 Å². The Labute approximate surface area is 112 Å². The van der Waals surface area contributed by atoms with Gasteiger partial charge >= 0.3 is 5.97 Å². The van der Waals surface area contributed by atoms with Gasteiger partial charge in [0.05, 0.1) is 13.7 Å². The molecule has 6 heteroatoms. The van der Waals surface area contributed by atoms with Crippen LogP contribution in [0.1, 0.15) is 19.4 Å². The first-order chi connectivity index (χ1) is 8.96. The Morgan fingerprint density at radius 2 is 2.21 bits per heavy atom. The largest absolute Gasteiger partial charge is 0.504 e. The summed E-state index contributed by atoms with van der Waals surface area (Å²) in [5.74, 6) is 5.42. The van der Waals surface area contributed by atoms with E-state index in [1.165, 1.54) is 13.2 Å². The number of phenols is 1. The molecule has 1 rings (SSSR count). The SMILES string of the molecule is CCOC(=O)[C@@](C)(Cc1ccc(O)c(OC)c1)NN. The summed E-state index contributed by atoms with van der Waals surface area (Å²) >= 11 is 0. The van der Waals surface area contributed by atoms with Crippen LogP contribution in [-0.4, -0.2) is 30.3 Å². The Bertz CT molecular complexity index is 450. The van der Waals surface area contributed by atoms with Crippen molar-refractivity contribution in [1.82, 2.24) is 5.43 Å². The van der Waals surface area contributed by atoms with E-state index >= 15 is 0 Å². The minimum Gasteiger partial charge on any atom is -0.504 e. The summed E-state index contributed by atoms with van der Waals surface area (Å²) in [5, 5.41) is 9.53. The fourth-order valence-electron chi connectivity index (χ4n) is 1.71. The van der Waals surface area contributed by atoms with Crippen molar-refractivity contribution in [1.29, 1.82) is 0 Å². The molecule has 6 nitrogen and oxygen atoms in total. The number of esters is 1. The Kier molecular flexibility index (Phi) is 5.14. The highest BCUT2D eigenvalue weighted by molar-refractivity contribution is 5.80. The Morgan fingerprint density at radius 3 is 2.74 bits per heavy atom. The van der Waals surface area contributed by atoms with Crippen LogP contribution >= 0.6 is 0 Å². The molecule has 0 unspecified atom stereocenters. The van der Waals surface area contributed by atoms with E-state index in [0.29, 0.717) is 12.2 Å². The van der Waals surface area contributed by atoms with Gasteiger partial charge in [-0.2, -0.15) is 0 Å². The zero-order chi connectivity index (χ0) is 14.5. The monoisotopic (exact) mass is 268 g/mol. The lowest BCUT2D eigenvalue weighted by molar-refractivity contribution is -0.150. The van der Waals surface area contributed by atoms with E-state index in [-0.39, 0.29) is 12.4 Å². The molecule has 0 aromatic heterocycles. The van der Waals surface area contributed by atoms with Crippen LogP contribution in [0, 0.1) is 0 Å². The van der Waals surface area contributed by atoms with Gasteiger partial charge in [-0.05, 0) is 31.5 Å². The second-order valence-electron chi connectivity index (χ2n) is 4.38. The number of ether oxygens (including phenoxy) is 2. The van der Waals surface area contributed by atoms with E-state index < -0.39 is 11.5 Å². The zero-order valence-electron chi connectivity index (χ0n) is 11.4. The van der Waals surface area contributed by atoms with Crippen molar-refractivity contribution in [3.05, 3.63) is 23.8 Å². The minimum atomic E-state index is -1.03. The average Bonchev–Trinajstić information content (AvgIpc) is 2.41. The van der Waals surface area contributed by atoms with Crippen LogP contribution in [0.25, 0.3) is 0 Å². The van der Waals surface area contributed by atoms with Crippen molar-refractivity contribution in [3.8, 4) is 11.5 Å². The summed E-state index contributed by atoms with van der Waals surface area (Å²) in [5.41, 5.74) is 2.25. The normalized spacial score (nSPS) is 13.7. The van der Waals surface area contributed by atoms with Crippen LogP contribution in [0.5, 0.6) is 11.5 Å². The maximum Gasteiger partial charge on any atom is 0.327 e. The molecular weight excluding hydrogens is 248 g/mol. The Morgan fingerprint density at radius 1 is 1.53 bits per heavy atom. The van der Waals surface area contributed by atoms with Gasteiger partial charge in [0.1, 0.15) is 5.54 Å². The standard InChI is InChI=1S/C13H20N2O4/c1-4-19-12(17)13(2,15-14)8-9-5-6-10(16)11(7-9)18-3/h5-7,15-16H,4,8,14H2,1-3H3/t13-/m1/s1. The van der Waals surface area contributed by atoms with E-state index in [1.807, 2.05) is 0 Å². The van der Waals surface area contributed by atoms with Crippen molar-refractivity contribution < 1.29 is 19.4 Å². The molecule has 1 aromatic rings. The van der Waals surface area contributed by atoms with Crippen molar-refractivity contribution in [3.63, 3.8) is 0 Å². The number of nitrogens with two attached hydrogens (primary N) is 1. The predicted octanol–water partition coefficient (Wildman–Crippen LogP) is 0.728. The van der Waals surface area contributed by atoms with E-state index in [4.69, 9.17) is 15.3 Å². The van der Waals surface area contributed by atoms with Gasteiger partial charge in [0.15, 0.2) is 11.5 Å². The van der Waals surface area contributed by atoms with Crippen LogP contribution in [-0.2, 0) is 16.0 Å². The molecule has 0 aliphatic heterocycles. The quantitative estimate of drug-likeness (QED) is 0.400. The summed E-state index contributed by atoms with van der Waals surface area (Å²) in [4.78, 5) is 11.9. The van der Waals surface area contributed by atoms with Crippen LogP contribution in [0.3, 0.4) is 0 Å². The molecule has 0 aliphatic carbocycles. The van der Waals surface area contributed by atoms with Crippen LogP contribution in [0.2, 0.25) is 0 Å².